The summed E-state index contributed by atoms with van der Waals surface area (Å²) in [5, 5.41) is 8.72. The van der Waals surface area contributed by atoms with Crippen LogP contribution in [0.5, 0.6) is 0 Å². The molecule has 0 aliphatic carbocycles. The zero-order valence-corrected chi connectivity index (χ0v) is 6.79. The summed E-state index contributed by atoms with van der Waals surface area (Å²) in [7, 11) is 1.27. The largest absolute Gasteiger partial charge is 0.512 e. The van der Waals surface area contributed by atoms with Crippen molar-refractivity contribution in [3.8, 4) is 0 Å². The molecular weight excluding hydrogens is 184 g/mol. The molecule has 0 aliphatic heterocycles. The minimum Gasteiger partial charge on any atom is -0.512 e. The van der Waals surface area contributed by atoms with Gasteiger partial charge in [-0.25, -0.2) is 4.79 Å². The number of aliphatic hydroxyl groups is 1. The Morgan fingerprint density at radius 2 is 2.20 bits per heavy atom. The number of aliphatic hydroxyl groups excluding tert-OH is 1. The van der Waals surface area contributed by atoms with Gasteiger partial charge in [-0.05, 0) is 0 Å². The second-order valence-electron chi connectivity index (χ2n) is 1.51. The Morgan fingerprint density at radius 1 is 1.70 bits per heavy atom. The number of hydrogen-bond acceptors (Lipinski definition) is 3. The molecule has 0 rings (SSSR count). The van der Waals surface area contributed by atoms with E-state index < -0.39 is 5.97 Å². The van der Waals surface area contributed by atoms with Crippen molar-refractivity contribution in [2.24, 2.45) is 0 Å². The Bertz CT molecular complexity index is 131. The van der Waals surface area contributed by atoms with E-state index >= 15 is 0 Å². The van der Waals surface area contributed by atoms with E-state index in [1.807, 2.05) is 0 Å². The van der Waals surface area contributed by atoms with Crippen molar-refractivity contribution < 1.29 is 31.7 Å². The van der Waals surface area contributed by atoms with E-state index in [0.717, 1.165) is 6.08 Å². The average molecular weight is 194 g/mol. The summed E-state index contributed by atoms with van der Waals surface area (Å²) >= 11 is 0. The van der Waals surface area contributed by atoms with Crippen molar-refractivity contribution in [1.82, 2.24) is 0 Å². The molecule has 10 heavy (non-hydrogen) atoms. The van der Waals surface area contributed by atoms with Crippen LogP contribution < -0.4 is 0 Å². The van der Waals surface area contributed by atoms with Crippen LogP contribution >= 0.6 is 0 Å². The molecular formula is C6H10CuO3. The monoisotopic (exact) mass is 193 g/mol. The summed E-state index contributed by atoms with van der Waals surface area (Å²) in [6.45, 7) is 1.74. The van der Waals surface area contributed by atoms with Gasteiger partial charge in [0.2, 0.25) is 0 Å². The van der Waals surface area contributed by atoms with Crippen LogP contribution in [0.4, 0.5) is 0 Å². The van der Waals surface area contributed by atoms with Crippen LogP contribution in [-0.2, 0) is 26.6 Å². The summed E-state index contributed by atoms with van der Waals surface area (Å²) in [4.78, 5) is 10.3. The van der Waals surface area contributed by atoms with Crippen molar-refractivity contribution >= 4 is 5.97 Å². The minimum absolute atomic E-state index is 0. The van der Waals surface area contributed by atoms with Crippen molar-refractivity contribution in [1.29, 1.82) is 0 Å². The van der Waals surface area contributed by atoms with E-state index in [-0.39, 0.29) is 22.8 Å². The molecule has 0 spiro atoms. The Morgan fingerprint density at radius 3 is 2.50 bits per heavy atom. The van der Waals surface area contributed by atoms with Crippen LogP contribution in [0.2, 0.25) is 0 Å². The Balaban J connectivity index is 0. The molecule has 0 fully saturated rings. The second-order valence-corrected chi connectivity index (χ2v) is 1.51. The molecule has 0 saturated heterocycles. The number of carbonyl (C=O) groups excluding carboxylic acids is 1. The van der Waals surface area contributed by atoms with Gasteiger partial charge in [0.15, 0.2) is 0 Å². The first-order valence-corrected chi connectivity index (χ1v) is 2.68. The van der Waals surface area contributed by atoms with E-state index in [4.69, 9.17) is 5.11 Å². The van der Waals surface area contributed by atoms with E-state index in [1.165, 1.54) is 7.11 Å². The Hall–Kier alpha value is -0.471. The van der Waals surface area contributed by atoms with Crippen molar-refractivity contribution in [2.75, 3.05) is 7.11 Å². The van der Waals surface area contributed by atoms with E-state index in [1.54, 1.807) is 6.92 Å². The molecule has 1 N–H and O–H groups in total. The third kappa shape index (κ3) is 5.66. The van der Waals surface area contributed by atoms with Gasteiger partial charge in [-0.15, -0.1) is 0 Å². The minimum atomic E-state index is -0.519. The van der Waals surface area contributed by atoms with E-state index in [2.05, 4.69) is 4.74 Å². The molecule has 0 heterocycles. The van der Waals surface area contributed by atoms with Crippen LogP contribution in [0, 0.1) is 0 Å². The molecule has 3 nitrogen and oxygen atoms in total. The topological polar surface area (TPSA) is 46.5 Å². The third-order valence-corrected chi connectivity index (χ3v) is 0.848. The number of methoxy groups -OCH3 is 1. The molecule has 0 aromatic rings. The fourth-order valence-electron chi connectivity index (χ4n) is 0.297. The van der Waals surface area contributed by atoms with Gasteiger partial charge in [-0.3, -0.25) is 0 Å². The fourth-order valence-corrected chi connectivity index (χ4v) is 0.297. The first-order valence-electron chi connectivity index (χ1n) is 2.68. The zero-order chi connectivity index (χ0) is 7.28. The fraction of sp³-hybridized carbons (Fsp3) is 0.500. The summed E-state index contributed by atoms with van der Waals surface area (Å²) < 4.78 is 4.25. The summed E-state index contributed by atoms with van der Waals surface area (Å²) in [6, 6.07) is 0. The number of ether oxygens (including phenoxy) is 1. The molecule has 1 radical (unpaired) electrons. The first-order chi connectivity index (χ1) is 4.20. The predicted molar refractivity (Wildman–Crippen MR) is 33.0 cm³/mol. The van der Waals surface area contributed by atoms with Gasteiger partial charge in [-0.1, -0.05) is 6.92 Å². The first kappa shape index (κ1) is 12.2. The summed E-state index contributed by atoms with van der Waals surface area (Å²) in [5.74, 6) is -0.476. The van der Waals surface area contributed by atoms with Crippen molar-refractivity contribution in [3.05, 3.63) is 11.8 Å². The van der Waals surface area contributed by atoms with Gasteiger partial charge in [0.25, 0.3) is 0 Å². The Labute approximate surface area is 70.5 Å². The summed E-state index contributed by atoms with van der Waals surface area (Å²) in [5.41, 5.74) is 0. The normalized spacial score (nSPS) is 10.0. The molecule has 0 aliphatic rings. The van der Waals surface area contributed by atoms with Crippen molar-refractivity contribution in [2.45, 2.75) is 13.3 Å². The molecule has 0 unspecified atom stereocenters. The third-order valence-electron chi connectivity index (χ3n) is 0.848. The molecule has 63 valence electrons. The second kappa shape index (κ2) is 6.65. The maximum absolute atomic E-state index is 10.3. The van der Waals surface area contributed by atoms with Crippen LogP contribution in [-0.4, -0.2) is 18.2 Å². The number of allylic oxidation sites excluding steroid dienone is 1. The van der Waals surface area contributed by atoms with Gasteiger partial charge < -0.3 is 9.84 Å². The van der Waals surface area contributed by atoms with Crippen LogP contribution in [0.3, 0.4) is 0 Å². The van der Waals surface area contributed by atoms with Gasteiger partial charge >= 0.3 is 5.97 Å². The van der Waals surface area contributed by atoms with Gasteiger partial charge in [-0.2, -0.15) is 0 Å². The number of hydrogen-bond donors (Lipinski definition) is 1. The van der Waals surface area contributed by atoms with Gasteiger partial charge in [0, 0.05) is 23.5 Å². The molecule has 4 heteroatoms. The predicted octanol–water partition coefficient (Wildman–Crippen LogP) is 1.01. The van der Waals surface area contributed by atoms with E-state index in [9.17, 15) is 4.79 Å². The molecule has 0 bridgehead atoms. The number of carbonyl (C=O) groups is 1. The van der Waals surface area contributed by atoms with E-state index in [0.29, 0.717) is 6.42 Å². The molecule has 0 aromatic heterocycles. The van der Waals surface area contributed by atoms with Gasteiger partial charge in [0.1, 0.15) is 0 Å². The molecule has 0 amide bonds. The standard InChI is InChI=1S/C6H10O3.Cu/c1-3-5(7)4-6(8)9-2;/h4,7H,3H2,1-2H3;/b5-4-;. The molecule has 0 saturated carbocycles. The number of rotatable bonds is 2. The van der Waals surface area contributed by atoms with Gasteiger partial charge in [0.05, 0.1) is 18.9 Å². The van der Waals surface area contributed by atoms with Crippen molar-refractivity contribution in [3.63, 3.8) is 0 Å². The SMILES string of the molecule is CC/C(O)=C/C(=O)OC.[Cu]. The number of esters is 1. The Kier molecular flexibility index (Phi) is 8.13. The van der Waals surface area contributed by atoms with Crippen LogP contribution in [0.25, 0.3) is 0 Å². The maximum Gasteiger partial charge on any atom is 0.333 e. The smallest absolute Gasteiger partial charge is 0.333 e. The zero-order valence-electron chi connectivity index (χ0n) is 5.85. The quantitative estimate of drug-likeness (QED) is 0.308. The maximum atomic E-state index is 10.3. The van der Waals surface area contributed by atoms with Crippen LogP contribution in [0.15, 0.2) is 11.8 Å². The average Bonchev–Trinajstić information content (AvgIpc) is 1.87. The van der Waals surface area contributed by atoms with Crippen LogP contribution in [0.1, 0.15) is 13.3 Å². The molecule has 0 aromatic carbocycles. The molecule has 0 atom stereocenters. The summed E-state index contributed by atoms with van der Waals surface area (Å²) in [6.07, 6.45) is 1.51.